The molecule has 1 N–H and O–H groups in total. The van der Waals surface area contributed by atoms with Gasteiger partial charge in [-0.3, -0.25) is 14.5 Å². The van der Waals surface area contributed by atoms with E-state index in [4.69, 9.17) is 0 Å². The quantitative estimate of drug-likeness (QED) is 0.579. The van der Waals surface area contributed by atoms with E-state index in [1.54, 1.807) is 17.8 Å². The fourth-order valence-corrected chi connectivity index (χ4v) is 3.48. The SMILES string of the molecule is CCN(C(=O)C(C)(C)NC(=O)c1cccc(C(F)(F)F)c1)c1c(C)cnn1-c1ccccc1. The van der Waals surface area contributed by atoms with Gasteiger partial charge in [-0.2, -0.15) is 18.3 Å². The Morgan fingerprint density at radius 2 is 1.73 bits per heavy atom. The van der Waals surface area contributed by atoms with Crippen molar-refractivity contribution in [3.8, 4) is 5.69 Å². The van der Waals surface area contributed by atoms with Crippen LogP contribution in [0.25, 0.3) is 5.69 Å². The zero-order chi connectivity index (χ0) is 24.4. The van der Waals surface area contributed by atoms with E-state index >= 15 is 0 Å². The largest absolute Gasteiger partial charge is 0.416 e. The molecule has 3 rings (SSSR count). The van der Waals surface area contributed by atoms with Crippen LogP contribution in [0, 0.1) is 6.92 Å². The van der Waals surface area contributed by atoms with Crippen LogP contribution in [-0.4, -0.2) is 33.7 Å². The molecule has 0 aliphatic carbocycles. The number of aromatic nitrogens is 2. The van der Waals surface area contributed by atoms with Gasteiger partial charge in [-0.25, -0.2) is 4.68 Å². The molecule has 0 aliphatic heterocycles. The summed E-state index contributed by atoms with van der Waals surface area (Å²) in [6.45, 7) is 6.95. The second-order valence-electron chi connectivity index (χ2n) is 8.11. The third-order valence-corrected chi connectivity index (χ3v) is 5.15. The lowest BCUT2D eigenvalue weighted by molar-refractivity contribution is -0.137. The molecule has 0 fully saturated rings. The van der Waals surface area contributed by atoms with Crippen LogP contribution >= 0.6 is 0 Å². The van der Waals surface area contributed by atoms with Crippen LogP contribution in [0.3, 0.4) is 0 Å². The maximum Gasteiger partial charge on any atom is 0.416 e. The molecule has 3 aromatic rings. The second-order valence-corrected chi connectivity index (χ2v) is 8.11. The number of hydrogen-bond donors (Lipinski definition) is 1. The molecule has 0 aliphatic rings. The molecule has 9 heteroatoms. The number of amides is 2. The minimum absolute atomic E-state index is 0.181. The molecular formula is C24H25F3N4O2. The van der Waals surface area contributed by atoms with Gasteiger partial charge in [-0.05, 0) is 58.0 Å². The van der Waals surface area contributed by atoms with Gasteiger partial charge in [-0.1, -0.05) is 24.3 Å². The van der Waals surface area contributed by atoms with Gasteiger partial charge < -0.3 is 5.32 Å². The van der Waals surface area contributed by atoms with Crippen LogP contribution in [-0.2, 0) is 11.0 Å². The summed E-state index contributed by atoms with van der Waals surface area (Å²) in [6.07, 6.45) is -2.93. The van der Waals surface area contributed by atoms with Crippen LogP contribution in [0.5, 0.6) is 0 Å². The van der Waals surface area contributed by atoms with Crippen LogP contribution in [0.2, 0.25) is 0 Å². The highest BCUT2D eigenvalue weighted by molar-refractivity contribution is 6.04. The number of rotatable bonds is 6. The average molecular weight is 458 g/mol. The van der Waals surface area contributed by atoms with Gasteiger partial charge in [0.25, 0.3) is 11.8 Å². The Morgan fingerprint density at radius 3 is 2.33 bits per heavy atom. The van der Waals surface area contributed by atoms with E-state index in [2.05, 4.69) is 10.4 Å². The number of aryl methyl sites for hydroxylation is 1. The molecule has 0 saturated carbocycles. The first-order valence-corrected chi connectivity index (χ1v) is 10.4. The molecule has 1 heterocycles. The van der Waals surface area contributed by atoms with E-state index in [1.165, 1.54) is 24.8 Å². The number of alkyl halides is 3. The number of carbonyl (C=O) groups is 2. The number of halogens is 3. The fraction of sp³-hybridized carbons (Fsp3) is 0.292. The molecule has 0 atom stereocenters. The predicted molar refractivity (Wildman–Crippen MR) is 119 cm³/mol. The number of carbonyl (C=O) groups excluding carboxylic acids is 2. The molecule has 6 nitrogen and oxygen atoms in total. The van der Waals surface area contributed by atoms with Gasteiger partial charge >= 0.3 is 6.18 Å². The van der Waals surface area contributed by atoms with Crippen LogP contribution < -0.4 is 10.2 Å². The first-order valence-electron chi connectivity index (χ1n) is 10.4. The van der Waals surface area contributed by atoms with E-state index in [0.717, 1.165) is 29.4 Å². The number of nitrogens with zero attached hydrogens (tertiary/aromatic N) is 3. The zero-order valence-electron chi connectivity index (χ0n) is 18.8. The van der Waals surface area contributed by atoms with Crippen LogP contribution in [0.15, 0.2) is 60.8 Å². The Labute approximate surface area is 190 Å². The van der Waals surface area contributed by atoms with Crippen molar-refractivity contribution in [3.05, 3.63) is 77.5 Å². The summed E-state index contributed by atoms with van der Waals surface area (Å²) < 4.78 is 40.7. The molecular weight excluding hydrogens is 433 g/mol. The first kappa shape index (κ1) is 24.0. The number of likely N-dealkylation sites (N-methyl/N-ethyl adjacent to an activating group) is 1. The lowest BCUT2D eigenvalue weighted by Gasteiger charge is -2.32. The van der Waals surface area contributed by atoms with E-state index in [9.17, 15) is 22.8 Å². The molecule has 0 spiro atoms. The highest BCUT2D eigenvalue weighted by atomic mass is 19.4. The van der Waals surface area contributed by atoms with E-state index in [-0.39, 0.29) is 5.56 Å². The van der Waals surface area contributed by atoms with E-state index in [1.807, 2.05) is 37.3 Å². The van der Waals surface area contributed by atoms with Crippen molar-refractivity contribution in [2.45, 2.75) is 39.4 Å². The van der Waals surface area contributed by atoms with Gasteiger partial charge in [0.15, 0.2) is 0 Å². The van der Waals surface area contributed by atoms with Crippen LogP contribution in [0.1, 0.15) is 42.3 Å². The van der Waals surface area contributed by atoms with Crippen molar-refractivity contribution < 1.29 is 22.8 Å². The van der Waals surface area contributed by atoms with Crippen molar-refractivity contribution in [1.29, 1.82) is 0 Å². The number of anilines is 1. The zero-order valence-corrected chi connectivity index (χ0v) is 18.8. The smallest absolute Gasteiger partial charge is 0.338 e. The van der Waals surface area contributed by atoms with Gasteiger partial charge in [0.1, 0.15) is 11.4 Å². The summed E-state index contributed by atoms with van der Waals surface area (Å²) in [7, 11) is 0. The molecule has 174 valence electrons. The van der Waals surface area contributed by atoms with Crippen molar-refractivity contribution in [1.82, 2.24) is 15.1 Å². The molecule has 0 saturated heterocycles. The highest BCUT2D eigenvalue weighted by Gasteiger charge is 2.36. The minimum atomic E-state index is -4.58. The van der Waals surface area contributed by atoms with Gasteiger partial charge in [-0.15, -0.1) is 0 Å². The summed E-state index contributed by atoms with van der Waals surface area (Å²) in [5, 5.41) is 6.97. The summed E-state index contributed by atoms with van der Waals surface area (Å²) in [6, 6.07) is 13.4. The maximum absolute atomic E-state index is 13.5. The van der Waals surface area contributed by atoms with Crippen LogP contribution in [0.4, 0.5) is 19.0 Å². The highest BCUT2D eigenvalue weighted by Crippen LogP contribution is 2.30. The Hall–Kier alpha value is -3.62. The lowest BCUT2D eigenvalue weighted by Crippen LogP contribution is -2.56. The van der Waals surface area contributed by atoms with Crippen molar-refractivity contribution in [2.75, 3.05) is 11.4 Å². The number of nitrogens with one attached hydrogen (secondary N) is 1. The van der Waals surface area contributed by atoms with E-state index < -0.39 is 29.1 Å². The number of benzene rings is 2. The van der Waals surface area contributed by atoms with Crippen molar-refractivity contribution in [2.24, 2.45) is 0 Å². The number of para-hydroxylation sites is 1. The molecule has 0 bridgehead atoms. The molecule has 2 aromatic carbocycles. The molecule has 0 unspecified atom stereocenters. The predicted octanol–water partition coefficient (Wildman–Crippen LogP) is 4.76. The minimum Gasteiger partial charge on any atom is -0.338 e. The molecule has 0 radical (unpaired) electrons. The Balaban J connectivity index is 1.89. The fourth-order valence-electron chi connectivity index (χ4n) is 3.48. The Morgan fingerprint density at radius 1 is 1.06 bits per heavy atom. The normalized spacial score (nSPS) is 11.8. The Bertz CT molecular complexity index is 1150. The first-order chi connectivity index (χ1) is 15.5. The summed E-state index contributed by atoms with van der Waals surface area (Å²) in [5.74, 6) is -0.648. The van der Waals surface area contributed by atoms with Gasteiger partial charge in [0.2, 0.25) is 0 Å². The van der Waals surface area contributed by atoms with E-state index in [0.29, 0.717) is 12.4 Å². The monoisotopic (exact) mass is 458 g/mol. The lowest BCUT2D eigenvalue weighted by atomic mass is 10.0. The second kappa shape index (κ2) is 9.09. The Kier molecular flexibility index (Phi) is 6.62. The summed E-state index contributed by atoms with van der Waals surface area (Å²) in [4.78, 5) is 27.7. The van der Waals surface area contributed by atoms with Crippen molar-refractivity contribution in [3.63, 3.8) is 0 Å². The maximum atomic E-state index is 13.5. The number of hydrogen-bond acceptors (Lipinski definition) is 3. The molecule has 1 aromatic heterocycles. The van der Waals surface area contributed by atoms with Crippen molar-refractivity contribution >= 4 is 17.6 Å². The van der Waals surface area contributed by atoms with Gasteiger partial charge in [0, 0.05) is 17.7 Å². The third kappa shape index (κ3) is 5.08. The average Bonchev–Trinajstić information content (AvgIpc) is 3.15. The summed E-state index contributed by atoms with van der Waals surface area (Å²) >= 11 is 0. The molecule has 33 heavy (non-hydrogen) atoms. The third-order valence-electron chi connectivity index (χ3n) is 5.15. The molecule has 2 amide bonds. The summed E-state index contributed by atoms with van der Waals surface area (Å²) in [5.41, 5.74) is -0.998. The standard InChI is InChI=1S/C24H25F3N4O2/c1-5-30(21-16(2)15-28-31(21)19-12-7-6-8-13-19)22(33)23(3,4)29-20(32)17-10-9-11-18(14-17)24(25,26)27/h6-15H,5H2,1-4H3,(H,29,32). The topological polar surface area (TPSA) is 67.2 Å². The van der Waals surface area contributed by atoms with Gasteiger partial charge in [0.05, 0.1) is 17.4 Å².